The Morgan fingerprint density at radius 2 is 1.39 bits per heavy atom. The fourth-order valence-corrected chi connectivity index (χ4v) is 3.61. The highest BCUT2D eigenvalue weighted by atomic mass is 35.5. The lowest BCUT2D eigenvalue weighted by Crippen LogP contribution is -2.14. The number of halogens is 1. The number of benzene rings is 4. The van der Waals surface area contributed by atoms with E-state index in [1.165, 1.54) is 5.39 Å². The number of nitrogens with one attached hydrogen (secondary N) is 1. The highest BCUT2D eigenvalue weighted by molar-refractivity contribution is 6.30. The van der Waals surface area contributed by atoms with E-state index < -0.39 is 6.10 Å². The van der Waals surface area contributed by atoms with Crippen LogP contribution in [-0.2, 0) is 0 Å². The van der Waals surface area contributed by atoms with E-state index in [0.717, 1.165) is 22.2 Å². The number of hydrogen-bond acceptors (Lipinski definition) is 2. The van der Waals surface area contributed by atoms with Crippen molar-refractivity contribution in [3.05, 3.63) is 113 Å². The molecule has 2 atom stereocenters. The van der Waals surface area contributed by atoms with Crippen LogP contribution in [0.5, 0.6) is 0 Å². The summed E-state index contributed by atoms with van der Waals surface area (Å²) in [6.07, 6.45) is -0.0139. The molecular weight excluding hydrogens is 366 g/mol. The Bertz CT molecular complexity index is 1050. The van der Waals surface area contributed by atoms with E-state index >= 15 is 0 Å². The van der Waals surface area contributed by atoms with Crippen LogP contribution in [0.3, 0.4) is 0 Å². The van der Waals surface area contributed by atoms with Gasteiger partial charge in [0.2, 0.25) is 0 Å². The average molecular weight is 388 g/mol. The fourth-order valence-electron chi connectivity index (χ4n) is 3.49. The van der Waals surface area contributed by atoms with Crippen molar-refractivity contribution in [3.8, 4) is 0 Å². The van der Waals surface area contributed by atoms with Crippen molar-refractivity contribution in [2.24, 2.45) is 0 Å². The standard InChI is InChI=1S/C25H22ClNO/c26-22-12-14-23(15-13-22)27-24(19-7-2-1-3-8-19)17-25(28)21-11-10-18-6-4-5-9-20(18)16-21/h1-16,24-25,27-28H,17H2. The van der Waals surface area contributed by atoms with Crippen molar-refractivity contribution in [3.63, 3.8) is 0 Å². The molecule has 0 aliphatic rings. The molecule has 0 radical (unpaired) electrons. The summed E-state index contributed by atoms with van der Waals surface area (Å²) in [5.41, 5.74) is 3.04. The number of hydrogen-bond donors (Lipinski definition) is 2. The van der Waals surface area contributed by atoms with Crippen LogP contribution < -0.4 is 5.32 Å². The predicted octanol–water partition coefficient (Wildman–Crippen LogP) is 6.77. The van der Waals surface area contributed by atoms with Gasteiger partial charge < -0.3 is 10.4 Å². The Labute approximate surface area is 170 Å². The Morgan fingerprint density at radius 1 is 0.714 bits per heavy atom. The van der Waals surface area contributed by atoms with Crippen molar-refractivity contribution in [2.75, 3.05) is 5.32 Å². The van der Waals surface area contributed by atoms with E-state index in [0.29, 0.717) is 11.4 Å². The zero-order valence-electron chi connectivity index (χ0n) is 15.4. The smallest absolute Gasteiger partial charge is 0.0813 e. The van der Waals surface area contributed by atoms with Crippen LogP contribution in [0.2, 0.25) is 5.02 Å². The van der Waals surface area contributed by atoms with Crippen LogP contribution in [-0.4, -0.2) is 5.11 Å². The average Bonchev–Trinajstić information content (AvgIpc) is 2.75. The molecule has 0 aromatic heterocycles. The molecule has 0 amide bonds. The Morgan fingerprint density at radius 3 is 2.14 bits per heavy atom. The number of aliphatic hydroxyl groups excluding tert-OH is 1. The van der Waals surface area contributed by atoms with Gasteiger partial charge in [-0.05, 0) is 52.2 Å². The number of aliphatic hydroxyl groups is 1. The van der Waals surface area contributed by atoms with Crippen LogP contribution >= 0.6 is 11.6 Å². The summed E-state index contributed by atoms with van der Waals surface area (Å²) in [7, 11) is 0. The van der Waals surface area contributed by atoms with E-state index in [4.69, 9.17) is 11.6 Å². The molecule has 4 aromatic carbocycles. The Kier molecular flexibility index (Phi) is 5.61. The summed E-state index contributed by atoms with van der Waals surface area (Å²) in [5.74, 6) is 0. The van der Waals surface area contributed by atoms with Gasteiger partial charge in [0.1, 0.15) is 0 Å². The minimum Gasteiger partial charge on any atom is -0.388 e. The maximum absolute atomic E-state index is 11.0. The molecule has 2 N–H and O–H groups in total. The van der Waals surface area contributed by atoms with Gasteiger partial charge in [0, 0.05) is 17.1 Å². The number of rotatable bonds is 6. The molecule has 28 heavy (non-hydrogen) atoms. The maximum atomic E-state index is 11.0. The largest absolute Gasteiger partial charge is 0.388 e. The second-order valence-electron chi connectivity index (χ2n) is 6.97. The van der Waals surface area contributed by atoms with E-state index in [9.17, 15) is 5.11 Å². The second-order valence-corrected chi connectivity index (χ2v) is 7.41. The van der Waals surface area contributed by atoms with E-state index in [1.54, 1.807) is 0 Å². The lowest BCUT2D eigenvalue weighted by Gasteiger charge is -2.24. The minimum absolute atomic E-state index is 0.0242. The molecule has 0 aliphatic carbocycles. The summed E-state index contributed by atoms with van der Waals surface area (Å²) in [5, 5.41) is 17.5. The van der Waals surface area contributed by atoms with Gasteiger partial charge in [-0.3, -0.25) is 0 Å². The minimum atomic E-state index is -0.574. The van der Waals surface area contributed by atoms with Crippen molar-refractivity contribution < 1.29 is 5.11 Å². The van der Waals surface area contributed by atoms with Crippen LogP contribution in [0.25, 0.3) is 10.8 Å². The highest BCUT2D eigenvalue weighted by Crippen LogP contribution is 2.31. The molecule has 0 bridgehead atoms. The van der Waals surface area contributed by atoms with Gasteiger partial charge in [-0.1, -0.05) is 78.3 Å². The molecule has 0 saturated heterocycles. The third-order valence-corrected chi connectivity index (χ3v) is 5.26. The number of fused-ring (bicyclic) bond motifs is 1. The van der Waals surface area contributed by atoms with Crippen LogP contribution in [0.15, 0.2) is 97.1 Å². The Hall–Kier alpha value is -2.81. The summed E-state index contributed by atoms with van der Waals surface area (Å²) in [4.78, 5) is 0. The van der Waals surface area contributed by atoms with Gasteiger partial charge in [-0.2, -0.15) is 0 Å². The second kappa shape index (κ2) is 8.47. The summed E-state index contributed by atoms with van der Waals surface area (Å²) in [6.45, 7) is 0. The Balaban J connectivity index is 1.59. The van der Waals surface area contributed by atoms with Crippen molar-refractivity contribution in [1.29, 1.82) is 0 Å². The SMILES string of the molecule is OC(CC(Nc1ccc(Cl)cc1)c1ccccc1)c1ccc2ccccc2c1. The van der Waals surface area contributed by atoms with Crippen LogP contribution in [0.1, 0.15) is 29.7 Å². The van der Waals surface area contributed by atoms with E-state index in [1.807, 2.05) is 60.7 Å². The van der Waals surface area contributed by atoms with Crippen molar-refractivity contribution >= 4 is 28.1 Å². The quantitative estimate of drug-likeness (QED) is 0.382. The van der Waals surface area contributed by atoms with Crippen molar-refractivity contribution in [2.45, 2.75) is 18.6 Å². The molecule has 0 heterocycles. The first kappa shape index (κ1) is 18.5. The zero-order chi connectivity index (χ0) is 19.3. The number of anilines is 1. The lowest BCUT2D eigenvalue weighted by atomic mass is 9.95. The van der Waals surface area contributed by atoms with Crippen molar-refractivity contribution in [1.82, 2.24) is 0 Å². The summed E-state index contributed by atoms with van der Waals surface area (Å²) < 4.78 is 0. The summed E-state index contributed by atoms with van der Waals surface area (Å²) in [6, 6.07) is 32.2. The van der Waals surface area contributed by atoms with Gasteiger partial charge in [0.05, 0.1) is 12.1 Å². The molecule has 2 unspecified atom stereocenters. The third-order valence-electron chi connectivity index (χ3n) is 5.00. The molecule has 4 rings (SSSR count). The molecule has 0 saturated carbocycles. The van der Waals surface area contributed by atoms with Gasteiger partial charge in [0.15, 0.2) is 0 Å². The molecule has 2 nitrogen and oxygen atoms in total. The zero-order valence-corrected chi connectivity index (χ0v) is 16.2. The van der Waals surface area contributed by atoms with Crippen LogP contribution in [0.4, 0.5) is 5.69 Å². The van der Waals surface area contributed by atoms with Gasteiger partial charge in [-0.25, -0.2) is 0 Å². The molecular formula is C25H22ClNO. The fraction of sp³-hybridized carbons (Fsp3) is 0.120. The van der Waals surface area contributed by atoms with E-state index in [2.05, 4.69) is 41.7 Å². The van der Waals surface area contributed by atoms with Gasteiger partial charge in [0.25, 0.3) is 0 Å². The topological polar surface area (TPSA) is 32.3 Å². The summed E-state index contributed by atoms with van der Waals surface area (Å²) >= 11 is 6.01. The molecule has 0 spiro atoms. The third kappa shape index (κ3) is 4.36. The molecule has 4 aromatic rings. The van der Waals surface area contributed by atoms with Gasteiger partial charge >= 0.3 is 0 Å². The molecule has 0 aliphatic heterocycles. The molecule has 3 heteroatoms. The monoisotopic (exact) mass is 387 g/mol. The predicted molar refractivity (Wildman–Crippen MR) is 118 cm³/mol. The van der Waals surface area contributed by atoms with E-state index in [-0.39, 0.29) is 6.04 Å². The molecule has 140 valence electrons. The first-order valence-corrected chi connectivity index (χ1v) is 9.81. The lowest BCUT2D eigenvalue weighted by molar-refractivity contribution is 0.161. The highest BCUT2D eigenvalue weighted by Gasteiger charge is 2.18. The maximum Gasteiger partial charge on any atom is 0.0813 e. The normalized spacial score (nSPS) is 13.2. The first-order chi connectivity index (χ1) is 13.7. The van der Waals surface area contributed by atoms with Gasteiger partial charge in [-0.15, -0.1) is 0 Å². The molecule has 0 fully saturated rings. The first-order valence-electron chi connectivity index (χ1n) is 9.43. The van der Waals surface area contributed by atoms with Crippen LogP contribution in [0, 0.1) is 0 Å².